The summed E-state index contributed by atoms with van der Waals surface area (Å²) >= 11 is 0. The quantitative estimate of drug-likeness (QED) is 0.900. The molecule has 21 heavy (non-hydrogen) atoms. The molecular weight excluding hydrogens is 270 g/mol. The van der Waals surface area contributed by atoms with Crippen molar-refractivity contribution in [2.45, 2.75) is 6.61 Å². The standard InChI is InChI=1S/C15H21N3O3/c1-16-15(20)21-11-12-5-3-4-6-13(12)14(19)18-9-7-17(2)8-10-18/h3-6H,7-11H2,1-2H3,(H,16,20). The molecule has 1 aromatic rings. The van der Waals surface area contributed by atoms with E-state index in [0.29, 0.717) is 5.56 Å². The summed E-state index contributed by atoms with van der Waals surface area (Å²) in [6.45, 7) is 3.29. The summed E-state index contributed by atoms with van der Waals surface area (Å²) in [6.07, 6.45) is -0.503. The first-order valence-electron chi connectivity index (χ1n) is 7.02. The second-order valence-corrected chi connectivity index (χ2v) is 5.08. The van der Waals surface area contributed by atoms with Gasteiger partial charge in [-0.1, -0.05) is 18.2 Å². The summed E-state index contributed by atoms with van der Waals surface area (Å²) in [4.78, 5) is 27.8. The van der Waals surface area contributed by atoms with Crippen molar-refractivity contribution in [1.82, 2.24) is 15.1 Å². The van der Waals surface area contributed by atoms with Gasteiger partial charge in [0.05, 0.1) is 0 Å². The average molecular weight is 291 g/mol. The predicted octanol–water partition coefficient (Wildman–Crippen LogP) is 0.930. The molecule has 0 atom stereocenters. The van der Waals surface area contributed by atoms with Crippen LogP contribution in [0.25, 0.3) is 0 Å². The van der Waals surface area contributed by atoms with Crippen LogP contribution in [-0.4, -0.2) is 62.1 Å². The molecule has 0 saturated carbocycles. The Bertz CT molecular complexity index is 511. The van der Waals surface area contributed by atoms with Crippen molar-refractivity contribution in [2.75, 3.05) is 40.3 Å². The number of rotatable bonds is 3. The van der Waals surface area contributed by atoms with Crippen molar-refractivity contribution in [3.05, 3.63) is 35.4 Å². The van der Waals surface area contributed by atoms with Gasteiger partial charge in [0, 0.05) is 44.4 Å². The predicted molar refractivity (Wildman–Crippen MR) is 79.1 cm³/mol. The lowest BCUT2D eigenvalue weighted by atomic mass is 10.1. The molecule has 1 aliphatic rings. The number of hydrogen-bond acceptors (Lipinski definition) is 4. The van der Waals surface area contributed by atoms with E-state index in [9.17, 15) is 9.59 Å². The molecule has 6 heteroatoms. The van der Waals surface area contributed by atoms with Crippen LogP contribution in [0.3, 0.4) is 0 Å². The fraction of sp³-hybridized carbons (Fsp3) is 0.467. The van der Waals surface area contributed by atoms with E-state index in [1.807, 2.05) is 30.1 Å². The first kappa shape index (κ1) is 15.3. The maximum absolute atomic E-state index is 12.6. The van der Waals surface area contributed by atoms with Crippen LogP contribution >= 0.6 is 0 Å². The van der Waals surface area contributed by atoms with E-state index >= 15 is 0 Å². The van der Waals surface area contributed by atoms with Crippen molar-refractivity contribution in [2.24, 2.45) is 0 Å². The number of alkyl carbamates (subject to hydrolysis) is 1. The maximum atomic E-state index is 12.6. The highest BCUT2D eigenvalue weighted by Crippen LogP contribution is 2.14. The molecule has 0 bridgehead atoms. The Hall–Kier alpha value is -2.08. The number of hydrogen-bond donors (Lipinski definition) is 1. The molecule has 0 aromatic heterocycles. The van der Waals surface area contributed by atoms with E-state index in [0.717, 1.165) is 31.7 Å². The van der Waals surface area contributed by atoms with E-state index < -0.39 is 6.09 Å². The van der Waals surface area contributed by atoms with Crippen molar-refractivity contribution >= 4 is 12.0 Å². The maximum Gasteiger partial charge on any atom is 0.407 e. The van der Waals surface area contributed by atoms with Crippen molar-refractivity contribution in [1.29, 1.82) is 0 Å². The number of amides is 2. The van der Waals surface area contributed by atoms with E-state index in [4.69, 9.17) is 4.74 Å². The molecule has 1 aromatic carbocycles. The summed E-state index contributed by atoms with van der Waals surface area (Å²) in [7, 11) is 3.55. The van der Waals surface area contributed by atoms with Crippen molar-refractivity contribution in [3.63, 3.8) is 0 Å². The zero-order chi connectivity index (χ0) is 15.2. The molecular formula is C15H21N3O3. The molecule has 1 saturated heterocycles. The first-order chi connectivity index (χ1) is 10.1. The smallest absolute Gasteiger partial charge is 0.407 e. The Balaban J connectivity index is 2.08. The molecule has 1 aliphatic heterocycles. The molecule has 0 unspecified atom stereocenters. The third-order valence-electron chi connectivity index (χ3n) is 3.60. The van der Waals surface area contributed by atoms with E-state index in [2.05, 4.69) is 10.2 Å². The Labute approximate surface area is 124 Å². The fourth-order valence-corrected chi connectivity index (χ4v) is 2.25. The highest BCUT2D eigenvalue weighted by Gasteiger charge is 2.22. The van der Waals surface area contributed by atoms with Crippen molar-refractivity contribution in [3.8, 4) is 0 Å². The third kappa shape index (κ3) is 3.95. The molecule has 6 nitrogen and oxygen atoms in total. The van der Waals surface area contributed by atoms with Crippen molar-refractivity contribution < 1.29 is 14.3 Å². The molecule has 0 radical (unpaired) electrons. The van der Waals surface area contributed by atoms with Gasteiger partial charge in [0.25, 0.3) is 5.91 Å². The molecule has 1 N–H and O–H groups in total. The largest absolute Gasteiger partial charge is 0.445 e. The summed E-state index contributed by atoms with van der Waals surface area (Å²) in [5, 5.41) is 2.39. The molecule has 0 aliphatic carbocycles. The number of piperazine rings is 1. The minimum Gasteiger partial charge on any atom is -0.445 e. The topological polar surface area (TPSA) is 61.9 Å². The number of nitrogens with zero attached hydrogens (tertiary/aromatic N) is 2. The van der Waals surface area contributed by atoms with Crippen LogP contribution < -0.4 is 5.32 Å². The Kier molecular flexibility index (Phi) is 5.16. The minimum absolute atomic E-state index is 0.000735. The SMILES string of the molecule is CNC(=O)OCc1ccccc1C(=O)N1CCN(C)CC1. The zero-order valence-corrected chi connectivity index (χ0v) is 12.5. The Morgan fingerprint density at radius 1 is 1.19 bits per heavy atom. The molecule has 2 amide bonds. The second-order valence-electron chi connectivity index (χ2n) is 5.08. The Morgan fingerprint density at radius 3 is 2.52 bits per heavy atom. The van der Waals surface area contributed by atoms with E-state index in [1.165, 1.54) is 7.05 Å². The molecule has 114 valence electrons. The molecule has 1 heterocycles. The van der Waals surface area contributed by atoms with E-state index in [-0.39, 0.29) is 12.5 Å². The van der Waals surface area contributed by atoms with Gasteiger partial charge in [-0.25, -0.2) is 4.79 Å². The highest BCUT2D eigenvalue weighted by molar-refractivity contribution is 5.95. The van der Waals surface area contributed by atoms with Gasteiger partial charge in [-0.3, -0.25) is 4.79 Å². The third-order valence-corrected chi connectivity index (χ3v) is 3.60. The number of benzene rings is 1. The number of carbonyl (C=O) groups is 2. The molecule has 1 fully saturated rings. The zero-order valence-electron chi connectivity index (χ0n) is 12.5. The van der Waals surface area contributed by atoms with Gasteiger partial charge in [-0.15, -0.1) is 0 Å². The van der Waals surface area contributed by atoms with Crippen LogP contribution in [0.15, 0.2) is 24.3 Å². The van der Waals surface area contributed by atoms with Gasteiger partial charge in [0.15, 0.2) is 0 Å². The lowest BCUT2D eigenvalue weighted by Gasteiger charge is -2.32. The number of ether oxygens (including phenoxy) is 1. The van der Waals surface area contributed by atoms with Crippen LogP contribution in [0.5, 0.6) is 0 Å². The van der Waals surface area contributed by atoms with Crippen LogP contribution in [0, 0.1) is 0 Å². The van der Waals surface area contributed by atoms with Crippen LogP contribution in [-0.2, 0) is 11.3 Å². The summed E-state index contributed by atoms with van der Waals surface area (Å²) in [5.74, 6) is -0.000735. The van der Waals surface area contributed by atoms with Gasteiger partial charge in [-0.2, -0.15) is 0 Å². The summed E-state index contributed by atoms with van der Waals surface area (Å²) in [6, 6.07) is 7.26. The normalized spacial score (nSPS) is 15.6. The van der Waals surface area contributed by atoms with Crippen LogP contribution in [0.1, 0.15) is 15.9 Å². The van der Waals surface area contributed by atoms with E-state index in [1.54, 1.807) is 6.07 Å². The second kappa shape index (κ2) is 7.08. The highest BCUT2D eigenvalue weighted by atomic mass is 16.5. The van der Waals surface area contributed by atoms with Gasteiger partial charge in [-0.05, 0) is 13.1 Å². The summed E-state index contributed by atoms with van der Waals surface area (Å²) < 4.78 is 5.04. The Morgan fingerprint density at radius 2 is 1.86 bits per heavy atom. The van der Waals surface area contributed by atoms with Gasteiger partial charge < -0.3 is 19.9 Å². The number of carbonyl (C=O) groups excluding carboxylic acids is 2. The number of nitrogens with one attached hydrogen (secondary N) is 1. The molecule has 2 rings (SSSR count). The lowest BCUT2D eigenvalue weighted by molar-refractivity contribution is 0.0659. The number of likely N-dealkylation sites (N-methyl/N-ethyl adjacent to an activating group) is 1. The monoisotopic (exact) mass is 291 g/mol. The minimum atomic E-state index is -0.503. The average Bonchev–Trinajstić information content (AvgIpc) is 2.53. The first-order valence-corrected chi connectivity index (χ1v) is 7.02. The summed E-state index contributed by atoms with van der Waals surface area (Å²) in [5.41, 5.74) is 1.33. The van der Waals surface area contributed by atoms with Gasteiger partial charge >= 0.3 is 6.09 Å². The van der Waals surface area contributed by atoms with Gasteiger partial charge in [0.2, 0.25) is 0 Å². The fourth-order valence-electron chi connectivity index (χ4n) is 2.25. The van der Waals surface area contributed by atoms with Crippen LogP contribution in [0.4, 0.5) is 4.79 Å². The lowest BCUT2D eigenvalue weighted by Crippen LogP contribution is -2.47. The van der Waals surface area contributed by atoms with Crippen LogP contribution in [0.2, 0.25) is 0 Å². The molecule has 0 spiro atoms. The van der Waals surface area contributed by atoms with Gasteiger partial charge in [0.1, 0.15) is 6.61 Å².